The van der Waals surface area contributed by atoms with Crippen LogP contribution in [-0.4, -0.2) is 54.4 Å². The van der Waals surface area contributed by atoms with E-state index in [1.54, 1.807) is 12.1 Å². The van der Waals surface area contributed by atoms with E-state index >= 15 is 0 Å². The summed E-state index contributed by atoms with van der Waals surface area (Å²) in [6.45, 7) is 5.63. The number of benzene rings is 4. The van der Waals surface area contributed by atoms with Crippen molar-refractivity contribution in [1.29, 1.82) is 0 Å². The molecule has 0 amide bonds. The predicted octanol–water partition coefficient (Wildman–Crippen LogP) is 7.99. The molecule has 0 saturated carbocycles. The van der Waals surface area contributed by atoms with Crippen LogP contribution in [-0.2, 0) is 6.54 Å². The Hall–Kier alpha value is -3.80. The van der Waals surface area contributed by atoms with Gasteiger partial charge in [-0.15, -0.1) is 0 Å². The smallest absolute Gasteiger partial charge is 0.163 e. The average Bonchev–Trinajstić information content (AvgIpc) is 3.06. The van der Waals surface area contributed by atoms with Gasteiger partial charge in [0.05, 0.1) is 0 Å². The summed E-state index contributed by atoms with van der Waals surface area (Å²) in [7, 11) is 0. The lowest BCUT2D eigenvalue weighted by molar-refractivity contribution is 0.0917. The first-order valence-corrected chi connectivity index (χ1v) is 16.2. The van der Waals surface area contributed by atoms with E-state index in [4.69, 9.17) is 4.74 Å². The van der Waals surface area contributed by atoms with Gasteiger partial charge in [0, 0.05) is 44.1 Å². The van der Waals surface area contributed by atoms with Crippen molar-refractivity contribution in [2.45, 2.75) is 50.7 Å². The van der Waals surface area contributed by atoms with Gasteiger partial charge in [0.25, 0.3) is 0 Å². The first-order chi connectivity index (χ1) is 21.6. The fourth-order valence-corrected chi connectivity index (χ4v) is 6.80. The number of piperidine rings is 2. The largest absolute Gasteiger partial charge is 0.490 e. The molecule has 2 fully saturated rings. The van der Waals surface area contributed by atoms with Crippen molar-refractivity contribution in [1.82, 2.24) is 9.80 Å². The third-order valence-electron chi connectivity index (χ3n) is 9.31. The Balaban J connectivity index is 0.971. The Morgan fingerprint density at radius 2 is 1.36 bits per heavy atom. The number of ether oxygens (including phenoxy) is 1. The van der Waals surface area contributed by atoms with Crippen molar-refractivity contribution in [3.05, 3.63) is 137 Å². The number of likely N-dealkylation sites (tertiary alicyclic amines) is 2. The minimum Gasteiger partial charge on any atom is -0.490 e. The summed E-state index contributed by atoms with van der Waals surface area (Å²) < 4.78 is 20.0. The first-order valence-electron chi connectivity index (χ1n) is 16.2. The van der Waals surface area contributed by atoms with Gasteiger partial charge < -0.3 is 9.64 Å². The van der Waals surface area contributed by atoms with Gasteiger partial charge in [0.15, 0.2) is 5.78 Å². The normalized spacial score (nSPS) is 17.1. The minimum atomic E-state index is -0.185. The van der Waals surface area contributed by atoms with Crippen LogP contribution in [0.25, 0.3) is 0 Å². The summed E-state index contributed by atoms with van der Waals surface area (Å²) in [5, 5.41) is 0. The van der Waals surface area contributed by atoms with Crippen molar-refractivity contribution >= 4 is 5.78 Å². The monoisotopic (exact) mass is 590 g/mol. The molecule has 0 unspecified atom stereocenters. The van der Waals surface area contributed by atoms with Crippen LogP contribution in [0, 0.1) is 11.7 Å². The lowest BCUT2D eigenvalue weighted by Gasteiger charge is -2.34. The highest BCUT2D eigenvalue weighted by molar-refractivity contribution is 5.96. The zero-order chi connectivity index (χ0) is 30.1. The van der Waals surface area contributed by atoms with Gasteiger partial charge in [-0.2, -0.15) is 0 Å². The van der Waals surface area contributed by atoms with Gasteiger partial charge in [0.2, 0.25) is 0 Å². The zero-order valence-electron chi connectivity index (χ0n) is 25.5. The summed E-state index contributed by atoms with van der Waals surface area (Å²) in [5.41, 5.74) is 4.46. The number of carbonyl (C=O) groups excluding carboxylic acids is 1. The van der Waals surface area contributed by atoms with E-state index in [2.05, 4.69) is 70.5 Å². The molecule has 4 aromatic rings. The summed E-state index contributed by atoms with van der Waals surface area (Å²) in [5.74, 6) is 1.54. The summed E-state index contributed by atoms with van der Waals surface area (Å²) in [4.78, 5) is 18.2. The maximum Gasteiger partial charge on any atom is 0.163 e. The third-order valence-corrected chi connectivity index (χ3v) is 9.31. The van der Waals surface area contributed by atoms with E-state index in [-0.39, 0.29) is 17.7 Å². The second kappa shape index (κ2) is 14.8. The van der Waals surface area contributed by atoms with Crippen LogP contribution in [0.2, 0.25) is 0 Å². The topological polar surface area (TPSA) is 32.8 Å². The molecule has 4 aromatic carbocycles. The van der Waals surface area contributed by atoms with Gasteiger partial charge >= 0.3 is 0 Å². The molecule has 4 nitrogen and oxygen atoms in total. The summed E-state index contributed by atoms with van der Waals surface area (Å²) >= 11 is 0. The molecule has 228 valence electrons. The molecule has 0 radical (unpaired) electrons. The quantitative estimate of drug-likeness (QED) is 0.166. The predicted molar refractivity (Wildman–Crippen MR) is 175 cm³/mol. The molecule has 2 saturated heterocycles. The summed E-state index contributed by atoms with van der Waals surface area (Å²) in [6.07, 6.45) is 4.66. The Bertz CT molecular complexity index is 1440. The van der Waals surface area contributed by atoms with Crippen molar-refractivity contribution in [2.75, 3.05) is 32.7 Å². The van der Waals surface area contributed by atoms with Crippen LogP contribution >= 0.6 is 0 Å². The SMILES string of the molecule is O=C(CC1CCN(Cc2cccc(F)c2)CC1)c1cccc(OC2CCN(CC(c3ccccc3)c3ccccc3)CC2)c1. The van der Waals surface area contributed by atoms with Crippen molar-refractivity contribution in [3.63, 3.8) is 0 Å². The molecule has 0 aromatic heterocycles. The second-order valence-electron chi connectivity index (χ2n) is 12.5. The van der Waals surface area contributed by atoms with E-state index in [0.29, 0.717) is 18.3 Å². The molecule has 0 N–H and O–H groups in total. The molecule has 6 rings (SSSR count). The van der Waals surface area contributed by atoms with Gasteiger partial charge in [0.1, 0.15) is 17.7 Å². The fraction of sp³-hybridized carbons (Fsp3) is 0.359. The molecule has 44 heavy (non-hydrogen) atoms. The average molecular weight is 591 g/mol. The van der Waals surface area contributed by atoms with Crippen LogP contribution in [0.3, 0.4) is 0 Å². The Morgan fingerprint density at radius 1 is 0.727 bits per heavy atom. The van der Waals surface area contributed by atoms with E-state index in [9.17, 15) is 9.18 Å². The Morgan fingerprint density at radius 3 is 2.02 bits per heavy atom. The van der Waals surface area contributed by atoms with Gasteiger partial charge in [-0.25, -0.2) is 4.39 Å². The van der Waals surface area contributed by atoms with E-state index in [0.717, 1.165) is 81.8 Å². The second-order valence-corrected chi connectivity index (χ2v) is 12.5. The fourth-order valence-electron chi connectivity index (χ4n) is 6.80. The highest BCUT2D eigenvalue weighted by Crippen LogP contribution is 2.29. The number of halogens is 1. The molecule has 2 aliphatic rings. The maximum absolute atomic E-state index is 13.5. The first kappa shape index (κ1) is 30.2. The minimum absolute atomic E-state index is 0.158. The van der Waals surface area contributed by atoms with Crippen LogP contribution in [0.1, 0.15) is 65.1 Å². The van der Waals surface area contributed by atoms with Gasteiger partial charge in [-0.3, -0.25) is 9.69 Å². The molecule has 5 heteroatoms. The number of hydrogen-bond acceptors (Lipinski definition) is 4. The highest BCUT2D eigenvalue weighted by Gasteiger charge is 2.25. The standard InChI is InChI=1S/C39H43FN2O2/c40-35-15-7-9-31(25-35)28-41-21-17-30(18-22-41)26-39(43)34-14-8-16-37(27-34)44-36-19-23-42(24-20-36)29-38(32-10-3-1-4-11-32)33-12-5-2-6-13-33/h1-16,25,27,30,36,38H,17-24,26,28-29H2. The Labute approximate surface area is 261 Å². The number of rotatable bonds is 11. The van der Waals surface area contributed by atoms with E-state index in [1.807, 2.05) is 30.3 Å². The molecule has 2 heterocycles. The van der Waals surface area contributed by atoms with E-state index < -0.39 is 0 Å². The van der Waals surface area contributed by atoms with Crippen LogP contribution in [0.4, 0.5) is 4.39 Å². The lowest BCUT2D eigenvalue weighted by Crippen LogP contribution is -2.40. The number of carbonyl (C=O) groups is 1. The molecule has 0 bridgehead atoms. The van der Waals surface area contributed by atoms with Gasteiger partial charge in [-0.1, -0.05) is 84.9 Å². The summed E-state index contributed by atoms with van der Waals surface area (Å²) in [6, 6.07) is 36.3. The van der Waals surface area contributed by atoms with Crippen LogP contribution in [0.15, 0.2) is 109 Å². The number of nitrogens with zero attached hydrogens (tertiary/aromatic N) is 2. The van der Waals surface area contributed by atoms with Gasteiger partial charge in [-0.05, 0) is 85.6 Å². The Kier molecular flexibility index (Phi) is 10.2. The van der Waals surface area contributed by atoms with Crippen molar-refractivity contribution in [2.24, 2.45) is 5.92 Å². The molecule has 2 aliphatic heterocycles. The maximum atomic E-state index is 13.5. The molecule has 0 atom stereocenters. The van der Waals surface area contributed by atoms with E-state index in [1.165, 1.54) is 17.2 Å². The van der Waals surface area contributed by atoms with Crippen molar-refractivity contribution in [3.8, 4) is 5.75 Å². The van der Waals surface area contributed by atoms with Crippen molar-refractivity contribution < 1.29 is 13.9 Å². The number of hydrogen-bond donors (Lipinski definition) is 0. The highest BCUT2D eigenvalue weighted by atomic mass is 19.1. The zero-order valence-corrected chi connectivity index (χ0v) is 25.5. The molecular formula is C39H43FN2O2. The van der Waals surface area contributed by atoms with Crippen LogP contribution < -0.4 is 4.74 Å². The molecule has 0 aliphatic carbocycles. The molecular weight excluding hydrogens is 547 g/mol. The lowest BCUT2D eigenvalue weighted by atomic mass is 9.89. The van der Waals surface area contributed by atoms with Crippen LogP contribution in [0.5, 0.6) is 5.75 Å². The third kappa shape index (κ3) is 8.22. The molecule has 0 spiro atoms. The number of Topliss-reactive ketones (excluding diaryl/α,β-unsaturated/α-hetero) is 1. The number of ketones is 1.